The summed E-state index contributed by atoms with van der Waals surface area (Å²) in [5.41, 5.74) is 2.49. The minimum absolute atomic E-state index is 0.0798. The van der Waals surface area contributed by atoms with E-state index in [9.17, 15) is 4.79 Å². The number of ether oxygens (including phenoxy) is 1. The number of hydrogen-bond acceptors (Lipinski definition) is 4. The molecule has 0 unspecified atom stereocenters. The average Bonchev–Trinajstić information content (AvgIpc) is 2.54. The molecule has 0 N–H and O–H groups in total. The summed E-state index contributed by atoms with van der Waals surface area (Å²) in [5.74, 6) is -0.370. The summed E-state index contributed by atoms with van der Waals surface area (Å²) in [4.78, 5) is 18.2. The predicted octanol–water partition coefficient (Wildman–Crippen LogP) is 3.42. The third kappa shape index (κ3) is 3.40. The van der Waals surface area contributed by atoms with Crippen molar-refractivity contribution in [1.29, 1.82) is 0 Å². The van der Waals surface area contributed by atoms with Crippen molar-refractivity contribution in [3.05, 3.63) is 46.5 Å². The molecule has 2 aliphatic rings. The van der Waals surface area contributed by atoms with Crippen LogP contribution in [0.3, 0.4) is 0 Å². The lowest BCUT2D eigenvalue weighted by atomic mass is 10.1. The number of rotatable bonds is 2. The number of aliphatic imine (C=N–C) groups is 1. The lowest BCUT2D eigenvalue weighted by molar-refractivity contribution is -0.111. The van der Waals surface area contributed by atoms with Crippen LogP contribution in [0.25, 0.3) is 0 Å². The van der Waals surface area contributed by atoms with Gasteiger partial charge < -0.3 is 9.64 Å². The number of hydrogen-bond donors (Lipinski definition) is 0. The number of morpholine rings is 1. The summed E-state index contributed by atoms with van der Waals surface area (Å²) < 4.78 is 5.35. The van der Waals surface area contributed by atoms with Gasteiger partial charge in [0.2, 0.25) is 5.78 Å². The van der Waals surface area contributed by atoms with Gasteiger partial charge in [-0.15, -0.1) is 0 Å². The third-order valence-corrected chi connectivity index (χ3v) is 4.03. The van der Waals surface area contributed by atoms with Crippen molar-refractivity contribution in [2.24, 2.45) is 4.99 Å². The van der Waals surface area contributed by atoms with E-state index in [-0.39, 0.29) is 15.8 Å². The molecule has 0 amide bonds. The van der Waals surface area contributed by atoms with Crippen molar-refractivity contribution in [3.63, 3.8) is 0 Å². The fraction of sp³-hybridized carbons (Fsp3) is 0.250. The maximum Gasteiger partial charge on any atom is 0.215 e. The average molecular weight is 337 g/mol. The van der Waals surface area contributed by atoms with Crippen molar-refractivity contribution in [1.82, 2.24) is 0 Å². The van der Waals surface area contributed by atoms with Crippen LogP contribution in [0.5, 0.6) is 0 Å². The smallest absolute Gasteiger partial charge is 0.215 e. The van der Waals surface area contributed by atoms with E-state index >= 15 is 0 Å². The Morgan fingerprint density at radius 3 is 2.18 bits per heavy atom. The molecule has 1 fully saturated rings. The van der Waals surface area contributed by atoms with Gasteiger partial charge in [0, 0.05) is 18.8 Å². The predicted molar refractivity (Wildman–Crippen MR) is 89.4 cm³/mol. The Morgan fingerprint density at radius 2 is 1.59 bits per heavy atom. The Kier molecular flexibility index (Phi) is 4.62. The number of allylic oxidation sites excluding steroid dienone is 4. The van der Waals surface area contributed by atoms with Gasteiger partial charge in [-0.05, 0) is 36.4 Å². The van der Waals surface area contributed by atoms with Crippen molar-refractivity contribution < 1.29 is 9.53 Å². The fourth-order valence-electron chi connectivity index (χ4n) is 2.32. The molecule has 0 atom stereocenters. The zero-order valence-corrected chi connectivity index (χ0v) is 13.3. The number of halogens is 2. The van der Waals surface area contributed by atoms with Crippen LogP contribution in [0, 0.1) is 0 Å². The molecule has 0 radical (unpaired) electrons. The van der Waals surface area contributed by atoms with Gasteiger partial charge in [0.05, 0.1) is 34.7 Å². The normalized spacial score (nSPS) is 18.9. The van der Waals surface area contributed by atoms with E-state index in [4.69, 9.17) is 27.9 Å². The molecule has 0 saturated carbocycles. The Bertz CT molecular complexity index is 648. The first-order valence-corrected chi connectivity index (χ1v) is 7.69. The molecule has 0 bridgehead atoms. The summed E-state index contributed by atoms with van der Waals surface area (Å²) in [6.07, 6.45) is 3.04. The molecule has 3 rings (SSSR count). The quantitative estimate of drug-likeness (QED) is 0.777. The second kappa shape index (κ2) is 6.65. The van der Waals surface area contributed by atoms with Gasteiger partial charge in [0.15, 0.2) is 0 Å². The number of carbonyl (C=O) groups is 1. The molecule has 0 aromatic heterocycles. The van der Waals surface area contributed by atoms with Crippen LogP contribution in [0.2, 0.25) is 0 Å². The zero-order valence-electron chi connectivity index (χ0n) is 11.8. The number of nitrogens with zero attached hydrogens (tertiary/aromatic N) is 2. The van der Waals surface area contributed by atoms with Gasteiger partial charge in [0.1, 0.15) is 0 Å². The minimum atomic E-state index is -0.370. The largest absolute Gasteiger partial charge is 0.378 e. The van der Waals surface area contributed by atoms with Crippen LogP contribution in [0.1, 0.15) is 0 Å². The van der Waals surface area contributed by atoms with Crippen molar-refractivity contribution in [2.75, 3.05) is 31.2 Å². The second-order valence-electron chi connectivity index (χ2n) is 4.97. The number of ketones is 1. The highest BCUT2D eigenvalue weighted by atomic mass is 35.5. The molecule has 6 heteroatoms. The molecular formula is C16H14Cl2N2O2. The molecule has 1 aliphatic heterocycles. The Labute approximate surface area is 138 Å². The van der Waals surface area contributed by atoms with Crippen LogP contribution < -0.4 is 4.90 Å². The molecule has 1 aromatic rings. The lowest BCUT2D eigenvalue weighted by Crippen LogP contribution is -2.36. The Balaban J connectivity index is 1.78. The lowest BCUT2D eigenvalue weighted by Gasteiger charge is -2.28. The number of Topliss-reactive ketones (excluding diaryl/α,β-unsaturated/α-hetero) is 1. The topological polar surface area (TPSA) is 41.9 Å². The van der Waals surface area contributed by atoms with Crippen LogP contribution in [-0.4, -0.2) is 37.8 Å². The first-order chi connectivity index (χ1) is 10.6. The molecule has 1 aromatic carbocycles. The van der Waals surface area contributed by atoms with E-state index in [2.05, 4.69) is 9.89 Å². The van der Waals surface area contributed by atoms with Crippen LogP contribution in [0.4, 0.5) is 11.4 Å². The Hall–Kier alpha value is -1.62. The SMILES string of the molecule is O=C1C(Cl)=CC(=Nc2ccc(N3CCOCC3)cc2)C=C1Cl. The van der Waals surface area contributed by atoms with Gasteiger partial charge >= 0.3 is 0 Å². The first-order valence-electron chi connectivity index (χ1n) is 6.94. The van der Waals surface area contributed by atoms with Gasteiger partial charge in [-0.1, -0.05) is 23.2 Å². The Morgan fingerprint density at radius 1 is 1.00 bits per heavy atom. The molecule has 4 nitrogen and oxygen atoms in total. The molecule has 0 spiro atoms. The summed E-state index contributed by atoms with van der Waals surface area (Å²) >= 11 is 11.7. The van der Waals surface area contributed by atoms with Crippen molar-refractivity contribution in [3.8, 4) is 0 Å². The highest BCUT2D eigenvalue weighted by Gasteiger charge is 2.17. The van der Waals surface area contributed by atoms with Gasteiger partial charge in [-0.25, -0.2) is 4.99 Å². The fourth-order valence-corrected chi connectivity index (χ4v) is 2.80. The number of anilines is 1. The summed E-state index contributed by atoms with van der Waals surface area (Å²) in [7, 11) is 0. The summed E-state index contributed by atoms with van der Waals surface area (Å²) in [5, 5.41) is 0.160. The number of benzene rings is 1. The molecule has 114 valence electrons. The molecule has 1 saturated heterocycles. The molecule has 1 aliphatic carbocycles. The first kappa shape index (κ1) is 15.3. The van der Waals surface area contributed by atoms with Crippen LogP contribution in [-0.2, 0) is 9.53 Å². The van der Waals surface area contributed by atoms with Crippen molar-refractivity contribution in [2.45, 2.75) is 0 Å². The van der Waals surface area contributed by atoms with Crippen molar-refractivity contribution >= 4 is 46.1 Å². The van der Waals surface area contributed by atoms with E-state index < -0.39 is 0 Å². The van der Waals surface area contributed by atoms with Gasteiger partial charge in [-0.2, -0.15) is 0 Å². The monoisotopic (exact) mass is 336 g/mol. The van der Waals surface area contributed by atoms with E-state index in [0.29, 0.717) is 5.71 Å². The minimum Gasteiger partial charge on any atom is -0.378 e. The van der Waals surface area contributed by atoms with Gasteiger partial charge in [0.25, 0.3) is 0 Å². The number of carbonyl (C=O) groups excluding carboxylic acids is 1. The van der Waals surface area contributed by atoms with E-state index in [1.807, 2.05) is 24.3 Å². The molecular weight excluding hydrogens is 323 g/mol. The highest BCUT2D eigenvalue weighted by Crippen LogP contribution is 2.24. The highest BCUT2D eigenvalue weighted by molar-refractivity contribution is 6.57. The third-order valence-electron chi connectivity index (χ3n) is 3.47. The maximum atomic E-state index is 11.5. The zero-order chi connectivity index (χ0) is 15.5. The standard InChI is InChI=1S/C16H14Cl2N2O2/c17-14-9-12(10-15(18)16(14)21)19-11-1-3-13(4-2-11)20-5-7-22-8-6-20/h1-4,9-10H,5-8H2. The molecule has 1 heterocycles. The molecule has 22 heavy (non-hydrogen) atoms. The van der Waals surface area contributed by atoms with E-state index in [1.165, 1.54) is 12.2 Å². The summed E-state index contributed by atoms with van der Waals surface area (Å²) in [6, 6.07) is 7.90. The van der Waals surface area contributed by atoms with E-state index in [1.54, 1.807) is 0 Å². The van der Waals surface area contributed by atoms with Crippen LogP contribution in [0.15, 0.2) is 51.5 Å². The van der Waals surface area contributed by atoms with Crippen LogP contribution >= 0.6 is 23.2 Å². The maximum absolute atomic E-state index is 11.5. The van der Waals surface area contributed by atoms with E-state index in [0.717, 1.165) is 37.7 Å². The second-order valence-corrected chi connectivity index (χ2v) is 5.78. The van der Waals surface area contributed by atoms with Gasteiger partial charge in [-0.3, -0.25) is 4.79 Å². The summed E-state index contributed by atoms with van der Waals surface area (Å²) in [6.45, 7) is 3.30.